The smallest absolute Gasteiger partial charge is 0.409 e. The van der Waals surface area contributed by atoms with Gasteiger partial charge in [0.15, 0.2) is 5.60 Å². The Balaban J connectivity index is 2.13. The summed E-state index contributed by atoms with van der Waals surface area (Å²) < 4.78 is 5.00. The highest BCUT2D eigenvalue weighted by atomic mass is 16.6. The van der Waals surface area contributed by atoms with E-state index in [0.29, 0.717) is 26.1 Å². The van der Waals surface area contributed by atoms with Crippen molar-refractivity contribution >= 4 is 6.09 Å². The van der Waals surface area contributed by atoms with Gasteiger partial charge < -0.3 is 14.7 Å². The van der Waals surface area contributed by atoms with Gasteiger partial charge in [0.2, 0.25) is 0 Å². The number of piperidine rings is 1. The minimum Gasteiger partial charge on any atom is -0.450 e. The van der Waals surface area contributed by atoms with E-state index < -0.39 is 5.60 Å². The first-order valence-electron chi connectivity index (χ1n) is 7.18. The standard InChI is InChI=1S/C16H20N2O3/c1-2-21-15(19)18-9-8-16(20,12-17)14(11-18)10-13-6-4-3-5-7-13/h3-7,14,20H,2,8-11H2,1H3. The van der Waals surface area contributed by atoms with Gasteiger partial charge >= 0.3 is 6.09 Å². The molecule has 21 heavy (non-hydrogen) atoms. The molecule has 1 aliphatic heterocycles. The SMILES string of the molecule is CCOC(=O)N1CCC(O)(C#N)C(Cc2ccccc2)C1. The third kappa shape index (κ3) is 3.53. The van der Waals surface area contributed by atoms with Crippen LogP contribution in [0.3, 0.4) is 0 Å². The Morgan fingerprint density at radius 2 is 2.24 bits per heavy atom. The summed E-state index contributed by atoms with van der Waals surface area (Å²) in [5.41, 5.74) is -0.347. The van der Waals surface area contributed by atoms with Gasteiger partial charge in [-0.2, -0.15) is 5.26 Å². The molecular weight excluding hydrogens is 268 g/mol. The molecule has 2 atom stereocenters. The molecule has 1 N–H and O–H groups in total. The van der Waals surface area contributed by atoms with Gasteiger partial charge in [-0.25, -0.2) is 4.79 Å². The zero-order valence-corrected chi connectivity index (χ0v) is 12.2. The van der Waals surface area contributed by atoms with E-state index in [2.05, 4.69) is 0 Å². The van der Waals surface area contributed by atoms with Gasteiger partial charge in [-0.3, -0.25) is 0 Å². The average molecular weight is 288 g/mol. The van der Waals surface area contributed by atoms with Crippen LogP contribution in [0, 0.1) is 17.2 Å². The van der Waals surface area contributed by atoms with Gasteiger partial charge in [0.05, 0.1) is 12.7 Å². The van der Waals surface area contributed by atoms with Gasteiger partial charge in [-0.1, -0.05) is 30.3 Å². The third-order valence-corrected chi connectivity index (χ3v) is 3.92. The number of carbonyl (C=O) groups is 1. The first kappa shape index (κ1) is 15.3. The Morgan fingerprint density at radius 3 is 2.86 bits per heavy atom. The van der Waals surface area contributed by atoms with Crippen molar-refractivity contribution in [2.45, 2.75) is 25.4 Å². The summed E-state index contributed by atoms with van der Waals surface area (Å²) >= 11 is 0. The number of hydrogen-bond acceptors (Lipinski definition) is 4. The molecule has 2 unspecified atom stereocenters. The fourth-order valence-corrected chi connectivity index (χ4v) is 2.68. The number of hydrogen-bond donors (Lipinski definition) is 1. The molecule has 1 aromatic rings. The zero-order chi connectivity index (χ0) is 15.3. The van der Waals surface area contributed by atoms with Crippen molar-refractivity contribution in [2.24, 2.45) is 5.92 Å². The molecule has 5 nitrogen and oxygen atoms in total. The van der Waals surface area contributed by atoms with Crippen LogP contribution in [0.4, 0.5) is 4.79 Å². The Labute approximate surface area is 124 Å². The van der Waals surface area contributed by atoms with Crippen LogP contribution in [-0.4, -0.2) is 41.4 Å². The van der Waals surface area contributed by atoms with E-state index in [1.807, 2.05) is 36.4 Å². The van der Waals surface area contributed by atoms with Gasteiger partial charge in [0, 0.05) is 25.4 Å². The second kappa shape index (κ2) is 6.59. The van der Waals surface area contributed by atoms with Crippen molar-refractivity contribution in [3.8, 4) is 6.07 Å². The van der Waals surface area contributed by atoms with E-state index in [4.69, 9.17) is 4.74 Å². The molecule has 0 saturated carbocycles. The molecular formula is C16H20N2O3. The summed E-state index contributed by atoms with van der Waals surface area (Å²) in [5, 5.41) is 19.8. The Morgan fingerprint density at radius 1 is 1.52 bits per heavy atom. The Hall–Kier alpha value is -2.06. The van der Waals surface area contributed by atoms with Gasteiger partial charge in [-0.15, -0.1) is 0 Å². The number of ether oxygens (including phenoxy) is 1. The maximum Gasteiger partial charge on any atom is 0.409 e. The number of nitrogens with zero attached hydrogens (tertiary/aromatic N) is 2. The highest BCUT2D eigenvalue weighted by Gasteiger charge is 2.43. The first-order chi connectivity index (χ1) is 10.1. The molecule has 1 saturated heterocycles. The molecule has 5 heteroatoms. The minimum atomic E-state index is -1.39. The molecule has 0 aliphatic carbocycles. The largest absolute Gasteiger partial charge is 0.450 e. The Bertz CT molecular complexity index is 526. The van der Waals surface area contributed by atoms with Crippen LogP contribution in [0.2, 0.25) is 0 Å². The van der Waals surface area contributed by atoms with Gasteiger partial charge in [0.25, 0.3) is 0 Å². The van der Waals surface area contributed by atoms with Crippen molar-refractivity contribution in [2.75, 3.05) is 19.7 Å². The summed E-state index contributed by atoms with van der Waals surface area (Å²) in [6.07, 6.45) is 0.427. The van der Waals surface area contributed by atoms with Crippen molar-refractivity contribution in [3.63, 3.8) is 0 Å². The topological polar surface area (TPSA) is 73.6 Å². The molecule has 1 aromatic carbocycles. The van der Waals surface area contributed by atoms with Crippen LogP contribution in [0.1, 0.15) is 18.9 Å². The third-order valence-electron chi connectivity index (χ3n) is 3.92. The van der Waals surface area contributed by atoms with Crippen LogP contribution in [0.5, 0.6) is 0 Å². The van der Waals surface area contributed by atoms with Crippen molar-refractivity contribution in [1.29, 1.82) is 5.26 Å². The molecule has 1 fully saturated rings. The highest BCUT2D eigenvalue weighted by Crippen LogP contribution is 2.30. The number of aliphatic hydroxyl groups is 1. The number of rotatable bonds is 3. The maximum absolute atomic E-state index is 11.8. The molecule has 1 heterocycles. The quantitative estimate of drug-likeness (QED) is 0.863. The van der Waals surface area contributed by atoms with Gasteiger partial charge in [0.1, 0.15) is 0 Å². The number of nitriles is 1. The van der Waals surface area contributed by atoms with Crippen molar-refractivity contribution in [1.82, 2.24) is 4.90 Å². The second-order valence-corrected chi connectivity index (χ2v) is 5.32. The second-order valence-electron chi connectivity index (χ2n) is 5.32. The highest BCUT2D eigenvalue weighted by molar-refractivity contribution is 5.67. The summed E-state index contributed by atoms with van der Waals surface area (Å²) in [5.74, 6) is -0.317. The molecule has 0 spiro atoms. The average Bonchev–Trinajstić information content (AvgIpc) is 2.51. The van der Waals surface area contributed by atoms with Crippen LogP contribution in [-0.2, 0) is 11.2 Å². The lowest BCUT2D eigenvalue weighted by Gasteiger charge is -2.40. The lowest BCUT2D eigenvalue weighted by atomic mass is 9.78. The van der Waals surface area contributed by atoms with Crippen molar-refractivity contribution < 1.29 is 14.6 Å². The van der Waals surface area contributed by atoms with E-state index in [1.165, 1.54) is 0 Å². The number of carbonyl (C=O) groups excluding carboxylic acids is 1. The maximum atomic E-state index is 11.8. The summed E-state index contributed by atoms with van der Waals surface area (Å²) in [6, 6.07) is 11.7. The molecule has 0 bridgehead atoms. The number of benzene rings is 1. The lowest BCUT2D eigenvalue weighted by Crippen LogP contribution is -2.53. The van der Waals surface area contributed by atoms with E-state index in [-0.39, 0.29) is 18.4 Å². The fourth-order valence-electron chi connectivity index (χ4n) is 2.68. The minimum absolute atomic E-state index is 0.250. The first-order valence-corrected chi connectivity index (χ1v) is 7.18. The molecule has 2 rings (SSSR count). The molecule has 0 radical (unpaired) electrons. The normalized spacial score (nSPS) is 25.2. The van der Waals surface area contributed by atoms with Crippen LogP contribution in [0.15, 0.2) is 30.3 Å². The van der Waals surface area contributed by atoms with Crippen LogP contribution in [0.25, 0.3) is 0 Å². The fraction of sp³-hybridized carbons (Fsp3) is 0.500. The van der Waals surface area contributed by atoms with E-state index >= 15 is 0 Å². The predicted molar refractivity (Wildman–Crippen MR) is 77.4 cm³/mol. The molecule has 1 aliphatic rings. The molecule has 112 valence electrons. The van der Waals surface area contributed by atoms with E-state index in [1.54, 1.807) is 11.8 Å². The summed E-state index contributed by atoms with van der Waals surface area (Å²) in [4.78, 5) is 13.4. The number of amides is 1. The number of likely N-dealkylation sites (tertiary alicyclic amines) is 1. The Kier molecular flexibility index (Phi) is 4.81. The van der Waals surface area contributed by atoms with Crippen molar-refractivity contribution in [3.05, 3.63) is 35.9 Å². The molecule has 1 amide bonds. The van der Waals surface area contributed by atoms with E-state index in [9.17, 15) is 15.2 Å². The van der Waals surface area contributed by atoms with E-state index in [0.717, 1.165) is 5.56 Å². The predicted octanol–water partition coefficient (Wildman–Crippen LogP) is 1.96. The zero-order valence-electron chi connectivity index (χ0n) is 12.2. The summed E-state index contributed by atoms with van der Waals surface area (Å²) in [6.45, 7) is 2.75. The van der Waals surface area contributed by atoms with Crippen LogP contribution < -0.4 is 0 Å². The van der Waals surface area contributed by atoms with Crippen LogP contribution >= 0.6 is 0 Å². The van der Waals surface area contributed by atoms with Gasteiger partial charge in [-0.05, 0) is 18.9 Å². The summed E-state index contributed by atoms with van der Waals surface area (Å²) in [7, 11) is 0. The molecule has 0 aromatic heterocycles. The lowest BCUT2D eigenvalue weighted by molar-refractivity contribution is -0.0266. The monoisotopic (exact) mass is 288 g/mol.